The lowest BCUT2D eigenvalue weighted by atomic mass is 10.1. The number of hydrogen-bond donors (Lipinski definition) is 3. The van der Waals surface area contributed by atoms with Crippen LogP contribution < -0.4 is 10.9 Å². The molecule has 0 radical (unpaired) electrons. The van der Waals surface area contributed by atoms with Crippen molar-refractivity contribution in [3.63, 3.8) is 0 Å². The molecular formula is C21H25N3O4S. The molecule has 0 aliphatic heterocycles. The van der Waals surface area contributed by atoms with Crippen molar-refractivity contribution >= 4 is 27.5 Å². The number of rotatable bonds is 5. The highest BCUT2D eigenvalue weighted by Gasteiger charge is 2.19. The molecule has 2 aromatic heterocycles. The minimum absolute atomic E-state index is 0.0550. The van der Waals surface area contributed by atoms with Crippen LogP contribution in [0.2, 0.25) is 0 Å². The van der Waals surface area contributed by atoms with Gasteiger partial charge in [-0.05, 0) is 63.9 Å². The van der Waals surface area contributed by atoms with Gasteiger partial charge in [-0.25, -0.2) is 8.42 Å². The number of aryl methyl sites for hydroxylation is 3. The number of carbonyl (C=O) groups excluding carboxylic acids is 1. The first-order valence-electron chi connectivity index (χ1n) is 9.37. The minimum atomic E-state index is -2.85. The van der Waals surface area contributed by atoms with Crippen LogP contribution in [0.5, 0.6) is 0 Å². The molecule has 0 fully saturated rings. The predicted octanol–water partition coefficient (Wildman–Crippen LogP) is 2.74. The van der Waals surface area contributed by atoms with Gasteiger partial charge in [-0.15, -0.1) is 0 Å². The maximum absolute atomic E-state index is 13.0. The zero-order chi connectivity index (χ0) is 21.5. The Bertz CT molecular complexity index is 1240. The van der Waals surface area contributed by atoms with Crippen molar-refractivity contribution in [2.45, 2.75) is 52.1 Å². The van der Waals surface area contributed by atoms with Crippen LogP contribution in [0.1, 0.15) is 52.6 Å². The van der Waals surface area contributed by atoms with Crippen molar-refractivity contribution in [1.82, 2.24) is 14.9 Å². The van der Waals surface area contributed by atoms with Crippen molar-refractivity contribution in [3.05, 3.63) is 62.7 Å². The van der Waals surface area contributed by atoms with Crippen molar-refractivity contribution in [2.75, 3.05) is 0 Å². The number of thiol groups is 1. The molecule has 0 spiro atoms. The van der Waals surface area contributed by atoms with Crippen LogP contribution in [0.4, 0.5) is 0 Å². The summed E-state index contributed by atoms with van der Waals surface area (Å²) in [6.45, 7) is 9.55. The predicted molar refractivity (Wildman–Crippen MR) is 113 cm³/mol. The van der Waals surface area contributed by atoms with E-state index in [4.69, 9.17) is 0 Å². The molecule has 1 aromatic carbocycles. The summed E-state index contributed by atoms with van der Waals surface area (Å²) in [5, 5.41) is 3.49. The van der Waals surface area contributed by atoms with E-state index >= 15 is 0 Å². The Kier molecular flexibility index (Phi) is 5.66. The number of benzene rings is 1. The van der Waals surface area contributed by atoms with Crippen LogP contribution in [0.15, 0.2) is 34.1 Å². The number of aromatic nitrogens is 2. The van der Waals surface area contributed by atoms with Crippen LogP contribution in [0.3, 0.4) is 0 Å². The molecule has 8 heteroatoms. The van der Waals surface area contributed by atoms with Gasteiger partial charge in [0.2, 0.25) is 0 Å². The SMILES string of the molecule is Cc1cc(C)c(CNC(=O)c2cc([SH](=O)=O)cc3c2c(C)cn3C(C)C)c(=O)[nH]1. The van der Waals surface area contributed by atoms with E-state index in [1.807, 2.05) is 44.5 Å². The van der Waals surface area contributed by atoms with Crippen LogP contribution in [0.25, 0.3) is 10.9 Å². The number of amides is 1. The number of nitrogens with zero attached hydrogens (tertiary/aromatic N) is 1. The normalized spacial score (nSPS) is 11.6. The van der Waals surface area contributed by atoms with Gasteiger partial charge in [0.1, 0.15) is 0 Å². The summed E-state index contributed by atoms with van der Waals surface area (Å²) >= 11 is 0. The summed E-state index contributed by atoms with van der Waals surface area (Å²) < 4.78 is 25.3. The summed E-state index contributed by atoms with van der Waals surface area (Å²) in [6.07, 6.45) is 1.92. The van der Waals surface area contributed by atoms with E-state index < -0.39 is 16.6 Å². The molecule has 154 valence electrons. The van der Waals surface area contributed by atoms with Crippen molar-refractivity contribution in [1.29, 1.82) is 0 Å². The largest absolute Gasteiger partial charge is 0.348 e. The third-order valence-electron chi connectivity index (χ3n) is 5.04. The summed E-state index contributed by atoms with van der Waals surface area (Å²) in [6, 6.07) is 4.94. The fraction of sp³-hybridized carbons (Fsp3) is 0.333. The molecule has 0 saturated heterocycles. The van der Waals surface area contributed by atoms with Crippen molar-refractivity contribution < 1.29 is 13.2 Å². The van der Waals surface area contributed by atoms with Crippen molar-refractivity contribution in [3.8, 4) is 0 Å². The van der Waals surface area contributed by atoms with E-state index in [1.54, 1.807) is 13.0 Å². The van der Waals surface area contributed by atoms with Gasteiger partial charge in [-0.1, -0.05) is 0 Å². The zero-order valence-electron chi connectivity index (χ0n) is 17.1. The Morgan fingerprint density at radius 1 is 1.14 bits per heavy atom. The molecule has 0 bridgehead atoms. The highest BCUT2D eigenvalue weighted by molar-refractivity contribution is 7.72. The molecule has 2 N–H and O–H groups in total. The molecular weight excluding hydrogens is 390 g/mol. The van der Waals surface area contributed by atoms with Crippen molar-refractivity contribution in [2.24, 2.45) is 0 Å². The first-order valence-corrected chi connectivity index (χ1v) is 10.5. The smallest absolute Gasteiger partial charge is 0.253 e. The third-order valence-corrected chi connectivity index (χ3v) is 5.72. The number of carbonyl (C=O) groups is 1. The fourth-order valence-corrected chi connectivity index (χ4v) is 4.11. The summed E-state index contributed by atoms with van der Waals surface area (Å²) in [5.41, 5.74) is 3.64. The van der Waals surface area contributed by atoms with E-state index in [2.05, 4.69) is 10.3 Å². The summed E-state index contributed by atoms with van der Waals surface area (Å²) in [4.78, 5) is 28.0. The maximum Gasteiger partial charge on any atom is 0.253 e. The second-order valence-electron chi connectivity index (χ2n) is 7.58. The monoisotopic (exact) mass is 415 g/mol. The standard InChI is InChI=1S/C21H25N3O4S/c1-11(2)24-10-13(4)19-16(7-15(29(27)28)8-18(19)24)20(25)22-9-17-12(3)6-14(5)23-21(17)26/h6-8,10-11,29H,9H2,1-5H3,(H,22,25)(H,23,26). The van der Waals surface area contributed by atoms with Gasteiger partial charge in [0.15, 0.2) is 10.7 Å². The van der Waals surface area contributed by atoms with Gasteiger partial charge in [-0.3, -0.25) is 9.59 Å². The number of aromatic amines is 1. The van der Waals surface area contributed by atoms with Gasteiger partial charge in [-0.2, -0.15) is 0 Å². The second kappa shape index (κ2) is 7.87. The third kappa shape index (κ3) is 3.98. The highest BCUT2D eigenvalue weighted by atomic mass is 32.2. The fourth-order valence-electron chi connectivity index (χ4n) is 3.65. The van der Waals surface area contributed by atoms with E-state index in [1.165, 1.54) is 6.07 Å². The molecule has 7 nitrogen and oxygen atoms in total. The van der Waals surface area contributed by atoms with Gasteiger partial charge in [0, 0.05) is 35.4 Å². The molecule has 0 aliphatic rings. The molecule has 3 rings (SSSR count). The molecule has 0 saturated carbocycles. The minimum Gasteiger partial charge on any atom is -0.348 e. The van der Waals surface area contributed by atoms with Gasteiger partial charge < -0.3 is 14.9 Å². The maximum atomic E-state index is 13.0. The molecule has 2 heterocycles. The number of hydrogen-bond acceptors (Lipinski definition) is 4. The molecule has 0 aliphatic carbocycles. The number of nitrogens with one attached hydrogen (secondary N) is 2. The molecule has 29 heavy (non-hydrogen) atoms. The average molecular weight is 416 g/mol. The Morgan fingerprint density at radius 2 is 1.83 bits per heavy atom. The van der Waals surface area contributed by atoms with Crippen LogP contribution in [-0.4, -0.2) is 23.9 Å². The average Bonchev–Trinajstić information content (AvgIpc) is 2.97. The molecule has 3 aromatic rings. The quantitative estimate of drug-likeness (QED) is 0.558. The number of pyridine rings is 1. The van der Waals surface area contributed by atoms with E-state index in [0.717, 1.165) is 16.8 Å². The first-order chi connectivity index (χ1) is 13.6. The first kappa shape index (κ1) is 20.9. The Hall–Kier alpha value is -2.87. The topological polar surface area (TPSA) is 101 Å². The Labute approximate surface area is 170 Å². The lowest BCUT2D eigenvalue weighted by molar-refractivity contribution is 0.0952. The Morgan fingerprint density at radius 3 is 2.41 bits per heavy atom. The molecule has 0 atom stereocenters. The molecule has 1 amide bonds. The van der Waals surface area contributed by atoms with Gasteiger partial charge in [0.25, 0.3) is 11.5 Å². The lowest BCUT2D eigenvalue weighted by Crippen LogP contribution is -2.28. The van der Waals surface area contributed by atoms with E-state index in [0.29, 0.717) is 16.5 Å². The molecule has 0 unspecified atom stereocenters. The van der Waals surface area contributed by atoms with Crippen LogP contribution in [0, 0.1) is 20.8 Å². The summed E-state index contributed by atoms with van der Waals surface area (Å²) in [5.74, 6) is -0.419. The second-order valence-corrected chi connectivity index (χ2v) is 8.61. The number of H-pyrrole nitrogens is 1. The van der Waals surface area contributed by atoms with Gasteiger partial charge in [0.05, 0.1) is 16.0 Å². The number of fused-ring (bicyclic) bond motifs is 1. The highest BCUT2D eigenvalue weighted by Crippen LogP contribution is 2.29. The van der Waals surface area contributed by atoms with Crippen LogP contribution in [-0.2, 0) is 17.2 Å². The van der Waals surface area contributed by atoms with Gasteiger partial charge >= 0.3 is 0 Å². The lowest BCUT2D eigenvalue weighted by Gasteiger charge is -2.12. The zero-order valence-corrected chi connectivity index (χ0v) is 18.0. The van der Waals surface area contributed by atoms with E-state index in [-0.39, 0.29) is 28.6 Å². The van der Waals surface area contributed by atoms with Crippen LogP contribution >= 0.6 is 0 Å². The van der Waals surface area contributed by atoms with E-state index in [9.17, 15) is 18.0 Å². The summed E-state index contributed by atoms with van der Waals surface area (Å²) in [7, 11) is -2.85. The Balaban J connectivity index is 2.07.